The Morgan fingerprint density at radius 1 is 0.709 bits per heavy atom. The highest BCUT2D eigenvalue weighted by molar-refractivity contribution is 9.10. The molecular weight excluding hydrogens is 746 g/mol. The number of morpholine rings is 2. The maximum Gasteiger partial charge on any atom is 0.119 e. The Bertz CT molecular complexity index is 1980. The van der Waals surface area contributed by atoms with Crippen molar-refractivity contribution >= 4 is 15.9 Å². The molecule has 55 heavy (non-hydrogen) atoms. The maximum absolute atomic E-state index is 6.41. The van der Waals surface area contributed by atoms with Crippen LogP contribution in [-0.2, 0) is 22.6 Å². The summed E-state index contributed by atoms with van der Waals surface area (Å²) in [6.07, 6.45) is 1.89. The summed E-state index contributed by atoms with van der Waals surface area (Å²) in [5.41, 5.74) is 7.13. The molecule has 8 rings (SSSR count). The third-order valence-corrected chi connectivity index (χ3v) is 10.5. The van der Waals surface area contributed by atoms with Gasteiger partial charge in [-0.3, -0.25) is 14.8 Å². The van der Waals surface area contributed by atoms with Crippen molar-refractivity contribution in [1.29, 1.82) is 0 Å². The van der Waals surface area contributed by atoms with Crippen LogP contribution in [0.3, 0.4) is 0 Å². The topological polar surface area (TPSA) is 47.1 Å². The van der Waals surface area contributed by atoms with Crippen molar-refractivity contribution in [2.45, 2.75) is 50.8 Å². The molecule has 6 aromatic rings. The zero-order chi connectivity index (χ0) is 37.9. The van der Waals surface area contributed by atoms with Gasteiger partial charge in [-0.2, -0.15) is 0 Å². The first-order valence-corrected chi connectivity index (χ1v) is 20.0. The van der Waals surface area contributed by atoms with Gasteiger partial charge in [0.25, 0.3) is 0 Å². The molecule has 0 aliphatic carbocycles. The van der Waals surface area contributed by atoms with E-state index in [1.54, 1.807) is 0 Å². The van der Waals surface area contributed by atoms with Crippen LogP contribution in [0, 0.1) is 0 Å². The van der Waals surface area contributed by atoms with Crippen molar-refractivity contribution in [2.75, 3.05) is 32.8 Å². The molecule has 2 fully saturated rings. The van der Waals surface area contributed by atoms with Crippen LogP contribution < -0.4 is 4.74 Å². The van der Waals surface area contributed by atoms with Crippen molar-refractivity contribution in [1.82, 2.24) is 14.8 Å². The molecule has 7 heteroatoms. The predicted octanol–water partition coefficient (Wildman–Crippen LogP) is 10.6. The van der Waals surface area contributed by atoms with Crippen molar-refractivity contribution in [3.05, 3.63) is 202 Å². The van der Waals surface area contributed by atoms with Gasteiger partial charge < -0.3 is 14.2 Å². The SMILES string of the molecule is Brc1ccc(C2CN(C(c3ccccc3)c3ccccc3)CCO2)nc1.CC1(C)CN(Cc2ccccc2)CC(c2ccc(OCc3ccccc3)cc2)O1. The van der Waals surface area contributed by atoms with Gasteiger partial charge in [0.05, 0.1) is 30.0 Å². The van der Waals surface area contributed by atoms with Crippen LogP contribution in [0.25, 0.3) is 0 Å². The normalized spacial score (nSPS) is 18.6. The van der Waals surface area contributed by atoms with E-state index >= 15 is 0 Å². The quantitative estimate of drug-likeness (QED) is 0.138. The lowest BCUT2D eigenvalue weighted by molar-refractivity contribution is -0.140. The first kappa shape index (κ1) is 38.6. The van der Waals surface area contributed by atoms with Gasteiger partial charge in [-0.25, -0.2) is 0 Å². The molecule has 2 aliphatic rings. The third kappa shape index (κ3) is 11.0. The average molecular weight is 797 g/mol. The summed E-state index contributed by atoms with van der Waals surface area (Å²) in [6.45, 7) is 10.1. The molecule has 2 saturated heterocycles. The van der Waals surface area contributed by atoms with E-state index in [-0.39, 0.29) is 23.9 Å². The zero-order valence-electron chi connectivity index (χ0n) is 31.7. The van der Waals surface area contributed by atoms with Crippen LogP contribution in [0.5, 0.6) is 5.75 Å². The second-order valence-electron chi connectivity index (χ2n) is 14.8. The van der Waals surface area contributed by atoms with Gasteiger partial charge >= 0.3 is 0 Å². The molecule has 0 saturated carbocycles. The van der Waals surface area contributed by atoms with E-state index in [0.29, 0.717) is 13.2 Å². The van der Waals surface area contributed by atoms with Crippen molar-refractivity contribution in [3.8, 4) is 5.75 Å². The highest BCUT2D eigenvalue weighted by Gasteiger charge is 2.34. The standard InChI is InChI=1S/C26H29NO2.C22H21BrN2O/c1-26(2)20-27(17-21-9-5-3-6-10-21)18-25(29-26)23-13-15-24(16-14-23)28-19-22-11-7-4-8-12-22;23-19-11-12-20(24-15-19)21-16-25(13-14-26-21)22(17-7-3-1-4-8-17)18-9-5-2-6-10-18/h3-16,25H,17-20H2,1-2H3;1-12,15,21-22H,13-14,16H2. The molecule has 2 unspecified atom stereocenters. The van der Waals surface area contributed by atoms with E-state index in [9.17, 15) is 0 Å². The summed E-state index contributed by atoms with van der Waals surface area (Å²) in [5, 5.41) is 0. The lowest BCUT2D eigenvalue weighted by atomic mass is 9.96. The van der Waals surface area contributed by atoms with Crippen molar-refractivity contribution in [3.63, 3.8) is 0 Å². The fourth-order valence-electron chi connectivity index (χ4n) is 7.50. The lowest BCUT2D eigenvalue weighted by Gasteiger charge is -2.43. The number of ether oxygens (including phenoxy) is 3. The molecule has 5 aromatic carbocycles. The third-order valence-electron chi connectivity index (χ3n) is 10.0. The number of benzene rings is 5. The van der Waals surface area contributed by atoms with Gasteiger partial charge in [-0.1, -0.05) is 133 Å². The lowest BCUT2D eigenvalue weighted by Crippen LogP contribution is -2.49. The Morgan fingerprint density at radius 3 is 1.91 bits per heavy atom. The molecule has 0 spiro atoms. The molecule has 2 aliphatic heterocycles. The summed E-state index contributed by atoms with van der Waals surface area (Å²) in [5.74, 6) is 0.883. The predicted molar refractivity (Wildman–Crippen MR) is 224 cm³/mol. The summed E-state index contributed by atoms with van der Waals surface area (Å²) < 4.78 is 19.4. The number of rotatable bonds is 10. The van der Waals surface area contributed by atoms with Crippen LogP contribution in [0.15, 0.2) is 168 Å². The van der Waals surface area contributed by atoms with E-state index in [4.69, 9.17) is 14.2 Å². The smallest absolute Gasteiger partial charge is 0.119 e. The molecule has 282 valence electrons. The Morgan fingerprint density at radius 2 is 1.31 bits per heavy atom. The van der Waals surface area contributed by atoms with Crippen molar-refractivity contribution < 1.29 is 14.2 Å². The minimum Gasteiger partial charge on any atom is -0.489 e. The van der Waals surface area contributed by atoms with Gasteiger partial charge in [0.2, 0.25) is 0 Å². The number of hydrogen-bond acceptors (Lipinski definition) is 6. The second kappa shape index (κ2) is 18.8. The fourth-order valence-corrected chi connectivity index (χ4v) is 7.73. The van der Waals surface area contributed by atoms with Gasteiger partial charge in [0, 0.05) is 43.4 Å². The molecular formula is C48H50BrN3O3. The van der Waals surface area contributed by atoms with Crippen LogP contribution in [-0.4, -0.2) is 53.2 Å². The Labute approximate surface area is 334 Å². The van der Waals surface area contributed by atoms with Crippen LogP contribution in [0.4, 0.5) is 0 Å². The van der Waals surface area contributed by atoms with Crippen LogP contribution in [0.1, 0.15) is 65.6 Å². The van der Waals surface area contributed by atoms with Gasteiger partial charge in [-0.15, -0.1) is 0 Å². The Balaban J connectivity index is 0.000000170. The molecule has 3 heterocycles. The molecule has 0 radical (unpaired) electrons. The highest BCUT2D eigenvalue weighted by Crippen LogP contribution is 2.34. The number of hydrogen-bond donors (Lipinski definition) is 0. The van der Waals surface area contributed by atoms with Gasteiger partial charge in [-0.05, 0) is 81.9 Å². The maximum atomic E-state index is 6.41. The van der Waals surface area contributed by atoms with E-state index in [2.05, 4.69) is 160 Å². The highest BCUT2D eigenvalue weighted by atomic mass is 79.9. The molecule has 0 amide bonds. The number of nitrogens with zero attached hydrogens (tertiary/aromatic N) is 3. The second-order valence-corrected chi connectivity index (χ2v) is 15.8. The van der Waals surface area contributed by atoms with Crippen LogP contribution >= 0.6 is 15.9 Å². The summed E-state index contributed by atoms with van der Waals surface area (Å²) in [7, 11) is 0. The molecule has 6 nitrogen and oxygen atoms in total. The largest absolute Gasteiger partial charge is 0.489 e. The first-order chi connectivity index (χ1) is 26.9. The minimum atomic E-state index is -0.180. The van der Waals surface area contributed by atoms with Crippen molar-refractivity contribution in [2.24, 2.45) is 0 Å². The molecule has 0 N–H and O–H groups in total. The van der Waals surface area contributed by atoms with E-state index < -0.39 is 0 Å². The van der Waals surface area contributed by atoms with Gasteiger partial charge in [0.15, 0.2) is 0 Å². The van der Waals surface area contributed by atoms with E-state index in [0.717, 1.165) is 48.6 Å². The Kier molecular flexibility index (Phi) is 13.2. The monoisotopic (exact) mass is 795 g/mol. The number of pyridine rings is 1. The minimum absolute atomic E-state index is 0.00762. The van der Waals surface area contributed by atoms with E-state index in [1.807, 2.05) is 48.7 Å². The zero-order valence-corrected chi connectivity index (χ0v) is 33.3. The summed E-state index contributed by atoms with van der Waals surface area (Å²) >= 11 is 3.45. The fraction of sp³-hybridized carbons (Fsp3) is 0.271. The number of aromatic nitrogens is 1. The molecule has 1 aromatic heterocycles. The Hall–Kier alpha value is -4.63. The molecule has 0 bridgehead atoms. The summed E-state index contributed by atoms with van der Waals surface area (Å²) in [4.78, 5) is 9.53. The average Bonchev–Trinajstić information content (AvgIpc) is 3.22. The first-order valence-electron chi connectivity index (χ1n) is 19.2. The molecule has 2 atom stereocenters. The number of halogens is 1. The van der Waals surface area contributed by atoms with E-state index in [1.165, 1.54) is 27.8 Å². The van der Waals surface area contributed by atoms with Gasteiger partial charge in [0.1, 0.15) is 18.5 Å². The van der Waals surface area contributed by atoms with Crippen LogP contribution in [0.2, 0.25) is 0 Å². The summed E-state index contributed by atoms with van der Waals surface area (Å²) in [6, 6.07) is 55.0.